The lowest BCUT2D eigenvalue weighted by atomic mass is 9.91. The van der Waals surface area contributed by atoms with Crippen molar-refractivity contribution in [1.29, 1.82) is 0 Å². The Hall–Kier alpha value is -1.23. The highest BCUT2D eigenvalue weighted by atomic mass is 19.4. The van der Waals surface area contributed by atoms with Gasteiger partial charge in [-0.1, -0.05) is 6.07 Å². The van der Waals surface area contributed by atoms with Crippen LogP contribution in [0.3, 0.4) is 0 Å². The summed E-state index contributed by atoms with van der Waals surface area (Å²) in [6, 6.07) is 3.08. The zero-order valence-electron chi connectivity index (χ0n) is 10.8. The normalized spacial score (nSPS) is 31.9. The fraction of sp³-hybridized carbons (Fsp3) is 0.500. The van der Waals surface area contributed by atoms with E-state index in [4.69, 9.17) is 7.48 Å². The number of halogens is 3. The number of ether oxygens (including phenoxy) is 1. The molecule has 0 aromatic heterocycles. The molecule has 2 nitrogen and oxygen atoms in total. The molecule has 1 saturated heterocycles. The van der Waals surface area contributed by atoms with Crippen LogP contribution in [0.25, 0.3) is 0 Å². The molecule has 2 atom stereocenters. The van der Waals surface area contributed by atoms with Gasteiger partial charge in [-0.15, -0.1) is 0 Å². The van der Waals surface area contributed by atoms with Gasteiger partial charge in [0.15, 0.2) is 0 Å². The third-order valence-corrected chi connectivity index (χ3v) is 3.11. The van der Waals surface area contributed by atoms with Crippen LogP contribution in [-0.2, 0) is 6.18 Å². The fourth-order valence-corrected chi connectivity index (χ4v) is 2.28. The third-order valence-electron chi connectivity index (χ3n) is 3.11. The lowest BCUT2D eigenvalue weighted by Crippen LogP contribution is -2.40. The third kappa shape index (κ3) is 1.88. The van der Waals surface area contributed by atoms with E-state index in [9.17, 15) is 13.2 Å². The fourth-order valence-electron chi connectivity index (χ4n) is 2.28. The van der Waals surface area contributed by atoms with Crippen LogP contribution in [0.4, 0.5) is 13.2 Å². The molecule has 2 bridgehead atoms. The van der Waals surface area contributed by atoms with Gasteiger partial charge in [-0.2, -0.15) is 13.2 Å². The minimum atomic E-state index is -4.40. The number of rotatable bonds is 0. The van der Waals surface area contributed by atoms with Gasteiger partial charge in [0.1, 0.15) is 11.9 Å². The Morgan fingerprint density at radius 3 is 3.00 bits per heavy atom. The Morgan fingerprint density at radius 1 is 1.41 bits per heavy atom. The molecule has 2 aliphatic heterocycles. The van der Waals surface area contributed by atoms with Crippen LogP contribution < -0.4 is 10.1 Å². The first kappa shape index (κ1) is 8.80. The Morgan fingerprint density at radius 2 is 2.24 bits per heavy atom. The minimum absolute atomic E-state index is 0.138. The smallest absolute Gasteiger partial charge is 0.416 e. The van der Waals surface area contributed by atoms with Gasteiger partial charge in [0.05, 0.1) is 5.56 Å². The van der Waals surface area contributed by atoms with Crippen LogP contribution in [0.2, 0.25) is 0 Å². The lowest BCUT2D eigenvalue weighted by molar-refractivity contribution is -0.137. The molecule has 0 saturated carbocycles. The largest absolute Gasteiger partial charge is 0.490 e. The molecule has 1 aromatic rings. The van der Waals surface area contributed by atoms with Crippen molar-refractivity contribution in [2.24, 2.45) is 0 Å². The molecular weight excluding hydrogens is 231 g/mol. The second-order valence-corrected chi connectivity index (χ2v) is 4.30. The summed E-state index contributed by atoms with van der Waals surface area (Å²) >= 11 is 0. The van der Waals surface area contributed by atoms with E-state index < -0.39 is 18.2 Å². The van der Waals surface area contributed by atoms with Crippen LogP contribution >= 0.6 is 0 Å². The predicted octanol–water partition coefficient (Wildman–Crippen LogP) is 2.89. The number of benzene rings is 1. The summed E-state index contributed by atoms with van der Waals surface area (Å²) in [5, 5.41) is 2.81. The van der Waals surface area contributed by atoms with Crippen LogP contribution in [0, 0.1) is 0 Å². The SMILES string of the molecule is [2H]C1([2H])C[C@@H]2C[C@H](N1)c1ccc(C(F)(F)F)cc1O2. The maximum Gasteiger partial charge on any atom is 0.416 e. The Kier molecular flexibility index (Phi) is 1.88. The van der Waals surface area contributed by atoms with Crippen molar-refractivity contribution < 1.29 is 20.6 Å². The van der Waals surface area contributed by atoms with E-state index in [1.807, 2.05) is 0 Å². The monoisotopic (exact) mass is 245 g/mol. The quantitative estimate of drug-likeness (QED) is 0.758. The van der Waals surface area contributed by atoms with Gasteiger partial charge < -0.3 is 10.1 Å². The standard InChI is InChI=1S/C12H12F3NO/c13-12(14,15)7-1-2-9-10-6-8(3-4-16-10)17-11(9)5-7/h1-2,5,8,10,16H,3-4,6H2/t8-,10+/m1/s1/i4D2. The highest BCUT2D eigenvalue weighted by Gasteiger charge is 2.35. The molecule has 0 unspecified atom stereocenters. The summed E-state index contributed by atoms with van der Waals surface area (Å²) in [6.07, 6.45) is -4.05. The van der Waals surface area contributed by atoms with Gasteiger partial charge in [0.25, 0.3) is 0 Å². The first-order valence-corrected chi connectivity index (χ1v) is 5.40. The first-order chi connectivity index (χ1) is 8.74. The molecule has 0 aliphatic carbocycles. The van der Waals surface area contributed by atoms with Crippen molar-refractivity contribution >= 4 is 0 Å². The average molecular weight is 245 g/mol. The Balaban J connectivity index is 1.99. The molecule has 1 fully saturated rings. The maximum absolute atomic E-state index is 12.6. The zero-order valence-corrected chi connectivity index (χ0v) is 8.84. The molecule has 2 heterocycles. The minimum Gasteiger partial charge on any atom is -0.490 e. The highest BCUT2D eigenvalue weighted by Crippen LogP contribution is 2.41. The molecule has 17 heavy (non-hydrogen) atoms. The molecule has 0 spiro atoms. The van der Waals surface area contributed by atoms with Crippen molar-refractivity contribution in [2.75, 3.05) is 6.50 Å². The topological polar surface area (TPSA) is 21.3 Å². The molecule has 2 aliphatic rings. The van der Waals surface area contributed by atoms with Crippen molar-refractivity contribution in [1.82, 2.24) is 5.32 Å². The number of hydrogen-bond donors (Lipinski definition) is 1. The molecule has 3 rings (SSSR count). The zero-order chi connectivity index (χ0) is 13.8. The summed E-state index contributed by atoms with van der Waals surface area (Å²) in [7, 11) is 0. The molecule has 92 valence electrons. The molecule has 5 heteroatoms. The van der Waals surface area contributed by atoms with Gasteiger partial charge in [-0.05, 0) is 25.1 Å². The highest BCUT2D eigenvalue weighted by molar-refractivity contribution is 5.42. The predicted molar refractivity (Wildman–Crippen MR) is 55.8 cm³/mol. The van der Waals surface area contributed by atoms with Gasteiger partial charge in [0, 0.05) is 20.8 Å². The van der Waals surface area contributed by atoms with E-state index in [1.54, 1.807) is 0 Å². The first-order valence-electron chi connectivity index (χ1n) is 6.40. The average Bonchev–Trinajstić information content (AvgIpc) is 2.24. The molecule has 0 radical (unpaired) electrons. The van der Waals surface area contributed by atoms with Crippen molar-refractivity contribution in [3.63, 3.8) is 0 Å². The summed E-state index contributed by atoms with van der Waals surface area (Å²) in [6.45, 7) is -1.55. The van der Waals surface area contributed by atoms with Crippen LogP contribution in [-0.4, -0.2) is 12.6 Å². The number of hydrogen-bond acceptors (Lipinski definition) is 2. The van der Waals surface area contributed by atoms with Gasteiger partial charge in [-0.3, -0.25) is 0 Å². The van der Waals surface area contributed by atoms with E-state index in [0.29, 0.717) is 12.0 Å². The Bertz CT molecular complexity index is 518. The van der Waals surface area contributed by atoms with Gasteiger partial charge >= 0.3 is 6.18 Å². The van der Waals surface area contributed by atoms with E-state index >= 15 is 0 Å². The molecule has 0 amide bonds. The maximum atomic E-state index is 12.6. The Labute approximate surface area is 99.6 Å². The van der Waals surface area contributed by atoms with Crippen molar-refractivity contribution in [2.45, 2.75) is 31.2 Å². The summed E-state index contributed by atoms with van der Waals surface area (Å²) in [5.74, 6) is 0.207. The van der Waals surface area contributed by atoms with Crippen molar-refractivity contribution in [3.05, 3.63) is 29.3 Å². The number of fused-ring (bicyclic) bond motifs is 4. The van der Waals surface area contributed by atoms with E-state index in [0.717, 1.165) is 12.1 Å². The second-order valence-electron chi connectivity index (χ2n) is 4.30. The number of nitrogens with one attached hydrogen (secondary N) is 1. The van der Waals surface area contributed by atoms with E-state index in [1.165, 1.54) is 6.07 Å². The van der Waals surface area contributed by atoms with E-state index in [-0.39, 0.29) is 24.3 Å². The summed E-state index contributed by atoms with van der Waals surface area (Å²) < 4.78 is 58.8. The number of alkyl halides is 3. The van der Waals surface area contributed by atoms with Gasteiger partial charge in [-0.25, -0.2) is 0 Å². The van der Waals surface area contributed by atoms with Crippen LogP contribution in [0.5, 0.6) is 5.75 Å². The summed E-state index contributed by atoms with van der Waals surface area (Å²) in [4.78, 5) is 0. The molecular formula is C12H12F3NO. The second kappa shape index (κ2) is 3.63. The van der Waals surface area contributed by atoms with Crippen LogP contribution in [0.15, 0.2) is 18.2 Å². The van der Waals surface area contributed by atoms with E-state index in [2.05, 4.69) is 5.32 Å². The lowest BCUT2D eigenvalue weighted by Gasteiger charge is -2.37. The van der Waals surface area contributed by atoms with Crippen molar-refractivity contribution in [3.8, 4) is 5.75 Å². The van der Waals surface area contributed by atoms with Gasteiger partial charge in [0.2, 0.25) is 0 Å². The summed E-state index contributed by atoms with van der Waals surface area (Å²) in [5.41, 5.74) is -0.151. The molecule has 1 N–H and O–H groups in total. The number of piperidine rings is 1. The van der Waals surface area contributed by atoms with Crippen LogP contribution in [0.1, 0.15) is 32.8 Å². The molecule has 1 aromatic carbocycles.